The van der Waals surface area contributed by atoms with E-state index in [9.17, 15) is 18.0 Å². The first-order valence-electron chi connectivity index (χ1n) is 8.12. The summed E-state index contributed by atoms with van der Waals surface area (Å²) >= 11 is 0. The van der Waals surface area contributed by atoms with Gasteiger partial charge in [0.2, 0.25) is 0 Å². The lowest BCUT2D eigenvalue weighted by Gasteiger charge is -2.14. The molecule has 0 fully saturated rings. The Morgan fingerprint density at radius 3 is 2.15 bits per heavy atom. The summed E-state index contributed by atoms with van der Waals surface area (Å²) in [6.45, 7) is 1.75. The summed E-state index contributed by atoms with van der Waals surface area (Å²) in [4.78, 5) is 24.3. The molecule has 8 heteroatoms. The van der Waals surface area contributed by atoms with Gasteiger partial charge < -0.3 is 14.8 Å². The molecular formula is C19H21NO6S. The first-order chi connectivity index (χ1) is 12.7. The average molecular weight is 391 g/mol. The molecule has 0 saturated heterocycles. The quantitative estimate of drug-likeness (QED) is 0.725. The van der Waals surface area contributed by atoms with Crippen molar-refractivity contribution in [2.75, 3.05) is 13.4 Å². The zero-order chi connectivity index (χ0) is 20.0. The van der Waals surface area contributed by atoms with E-state index in [2.05, 4.69) is 5.32 Å². The minimum Gasteiger partial charge on any atom is -0.497 e. The number of hydrogen-bond donors (Lipinski definition) is 1. The van der Waals surface area contributed by atoms with Crippen LogP contribution in [0.5, 0.6) is 5.75 Å². The Bertz CT molecular complexity index is 904. The summed E-state index contributed by atoms with van der Waals surface area (Å²) in [6.07, 6.45) is 0.0839. The maximum absolute atomic E-state index is 12.1. The van der Waals surface area contributed by atoms with Crippen molar-refractivity contribution in [2.45, 2.75) is 24.5 Å². The van der Waals surface area contributed by atoms with Crippen molar-refractivity contribution >= 4 is 21.7 Å². The van der Waals surface area contributed by atoms with E-state index in [4.69, 9.17) is 9.47 Å². The standard InChI is InChI=1S/C19H21NO6S/c1-13(18(21)20-12-14-4-8-16(25-2)9-5-14)26-19(22)15-6-10-17(11-7-15)27(3,23)24/h4-11,13H,12H2,1-3H3,(H,20,21)/t13-/m1/s1. The zero-order valence-corrected chi connectivity index (χ0v) is 16.1. The predicted octanol–water partition coefficient (Wildman–Crippen LogP) is 1.96. The second-order valence-electron chi connectivity index (χ2n) is 5.91. The molecule has 0 radical (unpaired) electrons. The van der Waals surface area contributed by atoms with Crippen LogP contribution in [0.2, 0.25) is 0 Å². The summed E-state index contributed by atoms with van der Waals surface area (Å²) < 4.78 is 33.1. The van der Waals surface area contributed by atoms with E-state index in [-0.39, 0.29) is 17.0 Å². The molecule has 1 amide bonds. The molecule has 0 aliphatic carbocycles. The lowest BCUT2D eigenvalue weighted by atomic mass is 10.2. The molecule has 2 rings (SSSR count). The molecule has 0 heterocycles. The van der Waals surface area contributed by atoms with Gasteiger partial charge in [0.05, 0.1) is 17.6 Å². The molecule has 2 aromatic carbocycles. The number of amides is 1. The minimum atomic E-state index is -3.34. The highest BCUT2D eigenvalue weighted by molar-refractivity contribution is 7.90. The Hall–Kier alpha value is -2.87. The summed E-state index contributed by atoms with van der Waals surface area (Å²) in [5, 5.41) is 2.69. The molecule has 1 N–H and O–H groups in total. The molecule has 0 saturated carbocycles. The van der Waals surface area contributed by atoms with Gasteiger partial charge in [-0.05, 0) is 48.9 Å². The van der Waals surface area contributed by atoms with Crippen molar-refractivity contribution in [2.24, 2.45) is 0 Å². The number of carbonyl (C=O) groups excluding carboxylic acids is 2. The fourth-order valence-corrected chi connectivity index (χ4v) is 2.83. The zero-order valence-electron chi connectivity index (χ0n) is 15.3. The molecule has 27 heavy (non-hydrogen) atoms. The molecule has 7 nitrogen and oxygen atoms in total. The third-order valence-electron chi connectivity index (χ3n) is 3.80. The van der Waals surface area contributed by atoms with E-state index in [1.54, 1.807) is 19.2 Å². The number of benzene rings is 2. The van der Waals surface area contributed by atoms with E-state index in [0.717, 1.165) is 11.8 Å². The van der Waals surface area contributed by atoms with Gasteiger partial charge in [-0.1, -0.05) is 12.1 Å². The summed E-state index contributed by atoms with van der Waals surface area (Å²) in [7, 11) is -1.77. The van der Waals surface area contributed by atoms with Gasteiger partial charge in [-0.2, -0.15) is 0 Å². The smallest absolute Gasteiger partial charge is 0.338 e. The Kier molecular flexibility index (Phi) is 6.57. The van der Waals surface area contributed by atoms with Crippen molar-refractivity contribution in [3.63, 3.8) is 0 Å². The Morgan fingerprint density at radius 1 is 1.04 bits per heavy atom. The number of nitrogens with one attached hydrogen (secondary N) is 1. The van der Waals surface area contributed by atoms with Crippen LogP contribution in [0.1, 0.15) is 22.8 Å². The summed E-state index contributed by atoms with van der Waals surface area (Å²) in [6, 6.07) is 12.5. The van der Waals surface area contributed by atoms with Crippen LogP contribution in [0.25, 0.3) is 0 Å². The van der Waals surface area contributed by atoms with Gasteiger partial charge in [0.15, 0.2) is 15.9 Å². The lowest BCUT2D eigenvalue weighted by Crippen LogP contribution is -2.35. The van der Waals surface area contributed by atoms with Crippen LogP contribution >= 0.6 is 0 Å². The monoisotopic (exact) mass is 391 g/mol. The van der Waals surface area contributed by atoms with Gasteiger partial charge in [-0.25, -0.2) is 13.2 Å². The third-order valence-corrected chi connectivity index (χ3v) is 4.93. The first-order valence-corrected chi connectivity index (χ1v) is 10.0. The second kappa shape index (κ2) is 8.68. The minimum absolute atomic E-state index is 0.101. The largest absolute Gasteiger partial charge is 0.497 e. The molecule has 0 unspecified atom stereocenters. The SMILES string of the molecule is COc1ccc(CNC(=O)[C@@H](C)OC(=O)c2ccc(S(C)(=O)=O)cc2)cc1. The van der Waals surface area contributed by atoms with Crippen LogP contribution < -0.4 is 10.1 Å². The van der Waals surface area contributed by atoms with Crippen molar-refractivity contribution in [1.82, 2.24) is 5.32 Å². The molecule has 0 spiro atoms. The van der Waals surface area contributed by atoms with E-state index >= 15 is 0 Å². The van der Waals surface area contributed by atoms with E-state index in [1.165, 1.54) is 31.2 Å². The summed E-state index contributed by atoms with van der Waals surface area (Å²) in [5.74, 6) is -0.427. The molecule has 0 aromatic heterocycles. The molecular weight excluding hydrogens is 370 g/mol. The number of hydrogen-bond acceptors (Lipinski definition) is 6. The fourth-order valence-electron chi connectivity index (χ4n) is 2.20. The number of esters is 1. The predicted molar refractivity (Wildman–Crippen MR) is 99.3 cm³/mol. The van der Waals surface area contributed by atoms with E-state index in [0.29, 0.717) is 5.75 Å². The van der Waals surface area contributed by atoms with Gasteiger partial charge in [-0.15, -0.1) is 0 Å². The number of ether oxygens (including phenoxy) is 2. The molecule has 2 aromatic rings. The van der Waals surface area contributed by atoms with Gasteiger partial charge >= 0.3 is 5.97 Å². The Balaban J connectivity index is 1.90. The topological polar surface area (TPSA) is 98.8 Å². The van der Waals surface area contributed by atoms with Gasteiger partial charge in [0.25, 0.3) is 5.91 Å². The maximum Gasteiger partial charge on any atom is 0.338 e. The Morgan fingerprint density at radius 2 is 1.63 bits per heavy atom. The lowest BCUT2D eigenvalue weighted by molar-refractivity contribution is -0.129. The van der Waals surface area contributed by atoms with Crippen LogP contribution in [0, 0.1) is 0 Å². The number of rotatable bonds is 7. The highest BCUT2D eigenvalue weighted by Gasteiger charge is 2.19. The van der Waals surface area contributed by atoms with Crippen molar-refractivity contribution in [3.05, 3.63) is 59.7 Å². The normalized spacial score (nSPS) is 12.1. The maximum atomic E-state index is 12.1. The Labute approximate surface area is 158 Å². The highest BCUT2D eigenvalue weighted by Crippen LogP contribution is 2.13. The third kappa shape index (κ3) is 5.82. The van der Waals surface area contributed by atoms with Crippen LogP contribution in [-0.4, -0.2) is 39.8 Å². The molecule has 0 aliphatic rings. The number of sulfone groups is 1. The van der Waals surface area contributed by atoms with Crippen LogP contribution in [0.4, 0.5) is 0 Å². The summed E-state index contributed by atoms with van der Waals surface area (Å²) in [5.41, 5.74) is 1.04. The number of methoxy groups -OCH3 is 1. The first kappa shape index (κ1) is 20.4. The molecule has 0 aliphatic heterocycles. The van der Waals surface area contributed by atoms with Crippen LogP contribution in [-0.2, 0) is 25.9 Å². The van der Waals surface area contributed by atoms with Crippen molar-refractivity contribution in [3.8, 4) is 5.75 Å². The van der Waals surface area contributed by atoms with E-state index < -0.39 is 27.8 Å². The average Bonchev–Trinajstić information content (AvgIpc) is 2.65. The van der Waals surface area contributed by atoms with Crippen LogP contribution in [0.3, 0.4) is 0 Å². The molecule has 0 bridgehead atoms. The van der Waals surface area contributed by atoms with Crippen molar-refractivity contribution < 1.29 is 27.5 Å². The van der Waals surface area contributed by atoms with Crippen LogP contribution in [0.15, 0.2) is 53.4 Å². The fraction of sp³-hybridized carbons (Fsp3) is 0.263. The van der Waals surface area contributed by atoms with Gasteiger partial charge in [0, 0.05) is 12.8 Å². The second-order valence-corrected chi connectivity index (χ2v) is 7.93. The molecule has 1 atom stereocenters. The highest BCUT2D eigenvalue weighted by atomic mass is 32.2. The van der Waals surface area contributed by atoms with Crippen molar-refractivity contribution in [1.29, 1.82) is 0 Å². The van der Waals surface area contributed by atoms with Gasteiger partial charge in [-0.3, -0.25) is 4.79 Å². The van der Waals surface area contributed by atoms with Gasteiger partial charge in [0.1, 0.15) is 5.75 Å². The number of carbonyl (C=O) groups is 2. The molecule has 144 valence electrons. The van der Waals surface area contributed by atoms with E-state index in [1.807, 2.05) is 12.1 Å².